The molecule has 0 saturated heterocycles. The van der Waals surface area contributed by atoms with Gasteiger partial charge in [0.05, 0.1) is 6.61 Å². The third-order valence-corrected chi connectivity index (χ3v) is 3.54. The average Bonchev–Trinajstić information content (AvgIpc) is 2.47. The van der Waals surface area contributed by atoms with Crippen molar-refractivity contribution in [3.05, 3.63) is 24.3 Å². The molecule has 0 amide bonds. The molecule has 118 valence electrons. The Hall–Kier alpha value is -0.600. The van der Waals surface area contributed by atoms with Crippen LogP contribution >= 0.6 is 0 Å². The van der Waals surface area contributed by atoms with Crippen LogP contribution in [0.3, 0.4) is 0 Å². The van der Waals surface area contributed by atoms with Gasteiger partial charge in [0.2, 0.25) is 0 Å². The molecule has 0 aliphatic rings. The van der Waals surface area contributed by atoms with Gasteiger partial charge in [-0.15, -0.1) is 0 Å². The molecule has 0 radical (unpaired) electrons. The van der Waals surface area contributed by atoms with Gasteiger partial charge in [-0.2, -0.15) is 0 Å². The zero-order valence-electron chi connectivity index (χ0n) is 13.4. The van der Waals surface area contributed by atoms with Gasteiger partial charge < -0.3 is 10.8 Å². The molecule has 1 atom stereocenters. The van der Waals surface area contributed by atoms with E-state index in [4.69, 9.17) is 10.8 Å². The molecule has 0 rings (SSSR count). The molecule has 20 heavy (non-hydrogen) atoms. The molecular formula is C18H35NO. The normalized spacial score (nSPS) is 13.6. The summed E-state index contributed by atoms with van der Waals surface area (Å²) in [5.74, 6) is 0. The average molecular weight is 281 g/mol. The summed E-state index contributed by atoms with van der Waals surface area (Å²) < 4.78 is 0. The van der Waals surface area contributed by atoms with Gasteiger partial charge >= 0.3 is 0 Å². The minimum atomic E-state index is -0.225. The van der Waals surface area contributed by atoms with Gasteiger partial charge in [-0.25, -0.2) is 0 Å². The predicted octanol–water partition coefficient (Wildman–Crippen LogP) is 4.73. The van der Waals surface area contributed by atoms with E-state index in [2.05, 4.69) is 13.0 Å². The predicted molar refractivity (Wildman–Crippen MR) is 89.8 cm³/mol. The lowest BCUT2D eigenvalue weighted by Gasteiger charge is -2.01. The minimum absolute atomic E-state index is 0.0167. The van der Waals surface area contributed by atoms with Crippen molar-refractivity contribution >= 4 is 0 Å². The summed E-state index contributed by atoms with van der Waals surface area (Å²) in [5.41, 5.74) is 5.55. The quantitative estimate of drug-likeness (QED) is 0.357. The third-order valence-electron chi connectivity index (χ3n) is 3.54. The Bertz CT molecular complexity index is 236. The molecule has 2 nitrogen and oxygen atoms in total. The highest BCUT2D eigenvalue weighted by molar-refractivity contribution is 5.05. The van der Waals surface area contributed by atoms with Crippen LogP contribution in [-0.2, 0) is 0 Å². The summed E-state index contributed by atoms with van der Waals surface area (Å²) in [4.78, 5) is 0. The Morgan fingerprint density at radius 1 is 0.850 bits per heavy atom. The highest BCUT2D eigenvalue weighted by Gasteiger charge is 1.92. The van der Waals surface area contributed by atoms with E-state index in [0.29, 0.717) is 0 Å². The molecule has 0 spiro atoms. The van der Waals surface area contributed by atoms with Crippen LogP contribution in [0, 0.1) is 0 Å². The maximum atomic E-state index is 8.74. The zero-order chi connectivity index (χ0) is 14.9. The second-order valence-corrected chi connectivity index (χ2v) is 5.63. The highest BCUT2D eigenvalue weighted by Crippen LogP contribution is 2.11. The van der Waals surface area contributed by atoms with Crippen molar-refractivity contribution in [2.75, 3.05) is 6.61 Å². The number of nitrogens with two attached hydrogens (primary N) is 1. The van der Waals surface area contributed by atoms with Gasteiger partial charge in [0.1, 0.15) is 0 Å². The van der Waals surface area contributed by atoms with Crippen molar-refractivity contribution in [3.63, 3.8) is 0 Å². The van der Waals surface area contributed by atoms with Crippen LogP contribution in [0.1, 0.15) is 77.6 Å². The summed E-state index contributed by atoms with van der Waals surface area (Å²) in [7, 11) is 0. The molecule has 0 aromatic carbocycles. The summed E-state index contributed by atoms with van der Waals surface area (Å²) in [6.07, 6.45) is 23.0. The highest BCUT2D eigenvalue weighted by atomic mass is 16.3. The van der Waals surface area contributed by atoms with Crippen molar-refractivity contribution < 1.29 is 5.11 Å². The lowest BCUT2D eigenvalue weighted by Crippen LogP contribution is -2.20. The minimum Gasteiger partial charge on any atom is -0.394 e. The fraction of sp³-hybridized carbons (Fsp3) is 0.778. The van der Waals surface area contributed by atoms with Crippen molar-refractivity contribution in [2.45, 2.75) is 83.6 Å². The standard InChI is InChI=1S/C18H35NO/c1-2-3-4-5-6-7-8-9-10-11-12-13-14-15-16-18(19)17-20/h13-16,18,20H,2-12,17,19H2,1H3. The monoisotopic (exact) mass is 281 g/mol. The lowest BCUT2D eigenvalue weighted by atomic mass is 10.1. The van der Waals surface area contributed by atoms with Crippen molar-refractivity contribution in [3.8, 4) is 0 Å². The molecule has 0 aliphatic carbocycles. The molecule has 0 fully saturated rings. The molecule has 3 N–H and O–H groups in total. The second-order valence-electron chi connectivity index (χ2n) is 5.63. The number of allylic oxidation sites excluding steroid dienone is 3. The lowest BCUT2D eigenvalue weighted by molar-refractivity contribution is 0.284. The van der Waals surface area contributed by atoms with E-state index in [1.165, 1.54) is 64.2 Å². The molecule has 0 heterocycles. The molecule has 0 saturated carbocycles. The fourth-order valence-electron chi connectivity index (χ4n) is 2.19. The van der Waals surface area contributed by atoms with Crippen LogP contribution in [0.5, 0.6) is 0 Å². The first kappa shape index (κ1) is 19.4. The Balaban J connectivity index is 3.16. The van der Waals surface area contributed by atoms with Crippen LogP contribution in [0.4, 0.5) is 0 Å². The van der Waals surface area contributed by atoms with Gasteiger partial charge in [-0.3, -0.25) is 0 Å². The SMILES string of the molecule is CCCCCCCCCCCCC=CC=CC(N)CO. The Kier molecular flexibility index (Phi) is 16.0. The summed E-state index contributed by atoms with van der Waals surface area (Å²) in [6, 6.07) is -0.225. The number of unbranched alkanes of at least 4 members (excludes halogenated alkanes) is 10. The Labute approximate surface area is 126 Å². The van der Waals surface area contributed by atoms with E-state index in [-0.39, 0.29) is 12.6 Å². The molecular weight excluding hydrogens is 246 g/mol. The van der Waals surface area contributed by atoms with Crippen LogP contribution in [-0.4, -0.2) is 17.8 Å². The maximum absolute atomic E-state index is 8.74. The fourth-order valence-corrected chi connectivity index (χ4v) is 2.19. The van der Waals surface area contributed by atoms with Crippen LogP contribution < -0.4 is 5.73 Å². The smallest absolute Gasteiger partial charge is 0.0618 e. The first-order valence-electron chi connectivity index (χ1n) is 8.51. The van der Waals surface area contributed by atoms with Gasteiger partial charge in [-0.1, -0.05) is 89.0 Å². The number of rotatable bonds is 14. The number of aliphatic hydroxyl groups is 1. The Morgan fingerprint density at radius 3 is 1.95 bits per heavy atom. The van der Waals surface area contributed by atoms with Crippen molar-refractivity contribution in [2.24, 2.45) is 5.73 Å². The van der Waals surface area contributed by atoms with Gasteiger partial charge in [0.25, 0.3) is 0 Å². The van der Waals surface area contributed by atoms with Crippen molar-refractivity contribution in [1.29, 1.82) is 0 Å². The van der Waals surface area contributed by atoms with Crippen LogP contribution in [0.15, 0.2) is 24.3 Å². The first-order valence-corrected chi connectivity index (χ1v) is 8.51. The van der Waals surface area contributed by atoms with E-state index in [9.17, 15) is 0 Å². The van der Waals surface area contributed by atoms with E-state index < -0.39 is 0 Å². The maximum Gasteiger partial charge on any atom is 0.0618 e. The number of hydrogen-bond donors (Lipinski definition) is 2. The van der Waals surface area contributed by atoms with E-state index in [1.807, 2.05) is 18.2 Å². The largest absolute Gasteiger partial charge is 0.394 e. The molecule has 0 aromatic rings. The van der Waals surface area contributed by atoms with E-state index in [1.54, 1.807) is 0 Å². The first-order chi connectivity index (χ1) is 9.81. The molecule has 0 aliphatic heterocycles. The topological polar surface area (TPSA) is 46.2 Å². The van der Waals surface area contributed by atoms with Gasteiger partial charge in [-0.05, 0) is 12.8 Å². The Morgan fingerprint density at radius 2 is 1.40 bits per heavy atom. The molecule has 1 unspecified atom stereocenters. The van der Waals surface area contributed by atoms with Crippen molar-refractivity contribution in [1.82, 2.24) is 0 Å². The zero-order valence-corrected chi connectivity index (χ0v) is 13.4. The second kappa shape index (κ2) is 16.5. The summed E-state index contributed by atoms with van der Waals surface area (Å²) in [5, 5.41) is 8.74. The van der Waals surface area contributed by atoms with E-state index >= 15 is 0 Å². The van der Waals surface area contributed by atoms with Gasteiger partial charge in [0, 0.05) is 6.04 Å². The van der Waals surface area contributed by atoms with E-state index in [0.717, 1.165) is 6.42 Å². The van der Waals surface area contributed by atoms with Crippen LogP contribution in [0.25, 0.3) is 0 Å². The number of hydrogen-bond acceptors (Lipinski definition) is 2. The molecule has 0 aromatic heterocycles. The summed E-state index contributed by atoms with van der Waals surface area (Å²) >= 11 is 0. The number of aliphatic hydroxyl groups excluding tert-OH is 1. The molecule has 2 heteroatoms. The summed E-state index contributed by atoms with van der Waals surface area (Å²) in [6.45, 7) is 2.29. The van der Waals surface area contributed by atoms with Crippen LogP contribution in [0.2, 0.25) is 0 Å². The van der Waals surface area contributed by atoms with Gasteiger partial charge in [0.15, 0.2) is 0 Å². The third kappa shape index (κ3) is 15.5. The molecule has 0 bridgehead atoms.